The second kappa shape index (κ2) is 5.62. The highest BCUT2D eigenvalue weighted by molar-refractivity contribution is 7.89. The summed E-state index contributed by atoms with van der Waals surface area (Å²) in [6.45, 7) is 0.271. The normalized spacial score (nSPS) is 20.1. The van der Waals surface area contributed by atoms with Crippen LogP contribution in [0.2, 0.25) is 10.2 Å². The topological polar surface area (TPSA) is 88.2 Å². The highest BCUT2D eigenvalue weighted by Gasteiger charge is 2.24. The van der Waals surface area contributed by atoms with Crippen molar-refractivity contribution in [2.24, 2.45) is 0 Å². The first-order valence-electron chi connectivity index (χ1n) is 5.48. The fourth-order valence-corrected chi connectivity index (χ4v) is 3.25. The average molecular weight is 324 g/mol. The van der Waals surface area contributed by atoms with E-state index in [4.69, 9.17) is 23.2 Å². The number of rotatable bonds is 3. The number of pyridine rings is 1. The summed E-state index contributed by atoms with van der Waals surface area (Å²) in [6.07, 6.45) is 1.89. The van der Waals surface area contributed by atoms with Crippen molar-refractivity contribution in [2.45, 2.75) is 23.8 Å². The predicted octanol–water partition coefficient (Wildman–Crippen LogP) is 0.945. The van der Waals surface area contributed by atoms with Gasteiger partial charge < -0.3 is 5.32 Å². The Labute approximate surface area is 120 Å². The van der Waals surface area contributed by atoms with Crippen molar-refractivity contribution in [2.75, 3.05) is 6.54 Å². The molecule has 0 aromatic carbocycles. The van der Waals surface area contributed by atoms with Crippen molar-refractivity contribution in [1.82, 2.24) is 15.0 Å². The van der Waals surface area contributed by atoms with Gasteiger partial charge >= 0.3 is 0 Å². The van der Waals surface area contributed by atoms with Crippen LogP contribution in [0.1, 0.15) is 12.8 Å². The third kappa shape index (κ3) is 3.56. The van der Waals surface area contributed by atoms with Crippen molar-refractivity contribution in [3.05, 3.63) is 22.4 Å². The highest BCUT2D eigenvalue weighted by atomic mass is 35.5. The average Bonchev–Trinajstić information content (AvgIpc) is 2.35. The molecule has 1 atom stereocenters. The number of hydrogen-bond donors (Lipinski definition) is 2. The Kier molecular flexibility index (Phi) is 4.29. The number of carbonyl (C=O) groups is 1. The number of nitrogens with one attached hydrogen (secondary N) is 2. The zero-order chi connectivity index (χ0) is 14.0. The molecule has 2 N–H and O–H groups in total. The Morgan fingerprint density at radius 2 is 2.16 bits per heavy atom. The summed E-state index contributed by atoms with van der Waals surface area (Å²) in [5.74, 6) is -0.0772. The standard InChI is InChI=1S/C10H11Cl2N3O3S/c11-8-3-7(5-14-10(8)12)19(17,18)15-6-1-2-9(16)13-4-6/h3,5-6,15H,1-2,4H2,(H,13,16). The van der Waals surface area contributed by atoms with Crippen molar-refractivity contribution < 1.29 is 13.2 Å². The van der Waals surface area contributed by atoms with Gasteiger partial charge in [0.25, 0.3) is 0 Å². The quantitative estimate of drug-likeness (QED) is 0.810. The molecule has 19 heavy (non-hydrogen) atoms. The van der Waals surface area contributed by atoms with Gasteiger partial charge in [-0.05, 0) is 12.5 Å². The van der Waals surface area contributed by atoms with Crippen molar-refractivity contribution in [1.29, 1.82) is 0 Å². The number of amides is 1. The van der Waals surface area contributed by atoms with Gasteiger partial charge in [0.05, 0.1) is 5.02 Å². The molecule has 0 spiro atoms. The monoisotopic (exact) mass is 323 g/mol. The van der Waals surface area contributed by atoms with Crippen molar-refractivity contribution >= 4 is 39.1 Å². The Bertz CT molecular complexity index is 596. The molecule has 1 unspecified atom stereocenters. The molecule has 1 amide bonds. The first-order chi connectivity index (χ1) is 8.88. The van der Waals surface area contributed by atoms with Gasteiger partial charge in [-0.1, -0.05) is 23.2 Å². The Hall–Kier alpha value is -0.890. The fraction of sp³-hybridized carbons (Fsp3) is 0.400. The Morgan fingerprint density at radius 1 is 1.42 bits per heavy atom. The lowest BCUT2D eigenvalue weighted by molar-refractivity contribution is -0.122. The summed E-state index contributed by atoms with van der Waals surface area (Å²) in [4.78, 5) is 14.6. The van der Waals surface area contributed by atoms with Crippen LogP contribution in [0, 0.1) is 0 Å². The molecule has 2 heterocycles. The van der Waals surface area contributed by atoms with E-state index in [9.17, 15) is 13.2 Å². The van der Waals surface area contributed by atoms with Crippen LogP contribution in [0.5, 0.6) is 0 Å². The van der Waals surface area contributed by atoms with Gasteiger partial charge in [0, 0.05) is 25.2 Å². The van der Waals surface area contributed by atoms with E-state index in [1.807, 2.05) is 0 Å². The van der Waals surface area contributed by atoms with E-state index in [2.05, 4.69) is 15.0 Å². The second-order valence-electron chi connectivity index (χ2n) is 4.10. The Morgan fingerprint density at radius 3 is 2.74 bits per heavy atom. The molecule has 6 nitrogen and oxygen atoms in total. The summed E-state index contributed by atoms with van der Waals surface area (Å²) in [7, 11) is -3.72. The summed E-state index contributed by atoms with van der Waals surface area (Å²) >= 11 is 11.4. The first kappa shape index (κ1) is 14.5. The zero-order valence-corrected chi connectivity index (χ0v) is 12.0. The van der Waals surface area contributed by atoms with Crippen LogP contribution in [-0.2, 0) is 14.8 Å². The van der Waals surface area contributed by atoms with Gasteiger partial charge in [0.15, 0.2) is 0 Å². The predicted molar refractivity (Wildman–Crippen MR) is 70.6 cm³/mol. The maximum absolute atomic E-state index is 12.1. The van der Waals surface area contributed by atoms with E-state index in [1.54, 1.807) is 0 Å². The van der Waals surface area contributed by atoms with Crippen LogP contribution in [0.15, 0.2) is 17.2 Å². The molecular weight excluding hydrogens is 313 g/mol. The number of sulfonamides is 1. The molecule has 1 aromatic heterocycles. The van der Waals surface area contributed by atoms with Crippen molar-refractivity contribution in [3.63, 3.8) is 0 Å². The minimum absolute atomic E-state index is 0.0468. The summed E-state index contributed by atoms with van der Waals surface area (Å²) in [5.41, 5.74) is 0. The number of nitrogens with zero attached hydrogens (tertiary/aromatic N) is 1. The van der Waals surface area contributed by atoms with Gasteiger partial charge in [-0.2, -0.15) is 0 Å². The van der Waals surface area contributed by atoms with Crippen LogP contribution in [-0.4, -0.2) is 31.9 Å². The molecular formula is C10H11Cl2N3O3S. The van der Waals surface area contributed by atoms with Gasteiger partial charge in [-0.3, -0.25) is 4.79 Å². The van der Waals surface area contributed by atoms with E-state index in [0.29, 0.717) is 12.8 Å². The lowest BCUT2D eigenvalue weighted by Crippen LogP contribution is -2.47. The molecule has 0 bridgehead atoms. The van der Waals surface area contributed by atoms with E-state index in [0.717, 1.165) is 6.20 Å². The zero-order valence-electron chi connectivity index (χ0n) is 9.69. The van der Waals surface area contributed by atoms with Crippen LogP contribution in [0.4, 0.5) is 0 Å². The number of carbonyl (C=O) groups excluding carboxylic acids is 1. The molecule has 0 aliphatic carbocycles. The van der Waals surface area contributed by atoms with E-state index < -0.39 is 10.0 Å². The van der Waals surface area contributed by atoms with Gasteiger partial charge in [-0.25, -0.2) is 18.1 Å². The first-order valence-corrected chi connectivity index (χ1v) is 7.72. The van der Waals surface area contributed by atoms with Gasteiger partial charge in [0.1, 0.15) is 10.0 Å². The minimum atomic E-state index is -3.72. The van der Waals surface area contributed by atoms with E-state index in [-0.39, 0.29) is 33.6 Å². The lowest BCUT2D eigenvalue weighted by Gasteiger charge is -2.23. The second-order valence-corrected chi connectivity index (χ2v) is 6.58. The molecule has 1 aromatic rings. The van der Waals surface area contributed by atoms with Crippen LogP contribution in [0.25, 0.3) is 0 Å². The fourth-order valence-electron chi connectivity index (χ4n) is 1.67. The molecule has 1 aliphatic heterocycles. The molecule has 1 fully saturated rings. The molecule has 0 saturated carbocycles. The molecule has 0 radical (unpaired) electrons. The summed E-state index contributed by atoms with van der Waals surface area (Å²) in [5, 5.41) is 2.72. The number of aromatic nitrogens is 1. The minimum Gasteiger partial charge on any atom is -0.355 e. The van der Waals surface area contributed by atoms with E-state index >= 15 is 0 Å². The lowest BCUT2D eigenvalue weighted by atomic mass is 10.1. The largest absolute Gasteiger partial charge is 0.355 e. The number of hydrogen-bond acceptors (Lipinski definition) is 4. The summed E-state index contributed by atoms with van der Waals surface area (Å²) < 4.78 is 26.7. The molecule has 2 rings (SSSR count). The highest BCUT2D eigenvalue weighted by Crippen LogP contribution is 2.22. The SMILES string of the molecule is O=C1CCC(NS(=O)(=O)c2cnc(Cl)c(Cl)c2)CN1. The molecule has 9 heteroatoms. The van der Waals surface area contributed by atoms with Gasteiger partial charge in [-0.15, -0.1) is 0 Å². The number of piperidine rings is 1. The Balaban J connectivity index is 2.13. The van der Waals surface area contributed by atoms with Gasteiger partial charge in [0.2, 0.25) is 15.9 Å². The molecule has 1 saturated heterocycles. The van der Waals surface area contributed by atoms with Crippen LogP contribution < -0.4 is 10.0 Å². The molecule has 1 aliphatic rings. The summed E-state index contributed by atoms with van der Waals surface area (Å²) in [6, 6.07) is 0.901. The third-order valence-electron chi connectivity index (χ3n) is 2.67. The maximum atomic E-state index is 12.1. The third-order valence-corrected chi connectivity index (χ3v) is 4.84. The smallest absolute Gasteiger partial charge is 0.242 e. The van der Waals surface area contributed by atoms with Crippen LogP contribution >= 0.6 is 23.2 Å². The van der Waals surface area contributed by atoms with Crippen LogP contribution in [0.3, 0.4) is 0 Å². The number of halogens is 2. The molecule has 104 valence electrons. The van der Waals surface area contributed by atoms with Crippen molar-refractivity contribution in [3.8, 4) is 0 Å². The van der Waals surface area contributed by atoms with E-state index in [1.165, 1.54) is 6.07 Å². The maximum Gasteiger partial charge on any atom is 0.242 e.